The SMILES string of the molecule is O=C(C[C@H]1C=C[C@@H](NC(=O)c2ccncc2)[C@H](CO)O1)NCc1ccncn1. The van der Waals surface area contributed by atoms with Gasteiger partial charge in [-0.05, 0) is 18.2 Å². The smallest absolute Gasteiger partial charge is 0.251 e. The fourth-order valence-corrected chi connectivity index (χ4v) is 2.74. The second-order valence-corrected chi connectivity index (χ2v) is 6.20. The number of nitrogens with one attached hydrogen (secondary N) is 2. The Morgan fingerprint density at radius 1 is 1.11 bits per heavy atom. The van der Waals surface area contributed by atoms with Gasteiger partial charge in [-0.3, -0.25) is 14.6 Å². The van der Waals surface area contributed by atoms with Crippen LogP contribution in [0.4, 0.5) is 0 Å². The summed E-state index contributed by atoms with van der Waals surface area (Å²) in [7, 11) is 0. The van der Waals surface area contributed by atoms with Crippen molar-refractivity contribution in [3.63, 3.8) is 0 Å². The molecule has 0 bridgehead atoms. The van der Waals surface area contributed by atoms with Crippen LogP contribution in [0.15, 0.2) is 55.3 Å². The van der Waals surface area contributed by atoms with Crippen LogP contribution in [0.5, 0.6) is 0 Å². The largest absolute Gasteiger partial charge is 0.394 e. The van der Waals surface area contributed by atoms with E-state index in [9.17, 15) is 14.7 Å². The fraction of sp³-hybridized carbons (Fsp3) is 0.316. The van der Waals surface area contributed by atoms with Crippen molar-refractivity contribution in [3.05, 3.63) is 66.5 Å². The molecule has 0 aliphatic carbocycles. The van der Waals surface area contributed by atoms with Gasteiger partial charge in [0.05, 0.1) is 37.4 Å². The van der Waals surface area contributed by atoms with Crippen molar-refractivity contribution in [1.29, 1.82) is 0 Å². The predicted molar refractivity (Wildman–Crippen MR) is 98.9 cm³/mol. The van der Waals surface area contributed by atoms with E-state index in [1.54, 1.807) is 36.5 Å². The number of hydrogen-bond acceptors (Lipinski definition) is 7. The third kappa shape index (κ3) is 5.41. The lowest BCUT2D eigenvalue weighted by molar-refractivity contribution is -0.125. The molecule has 2 aromatic rings. The van der Waals surface area contributed by atoms with E-state index in [4.69, 9.17) is 4.74 Å². The molecule has 1 aliphatic heterocycles. The van der Waals surface area contributed by atoms with E-state index in [1.807, 2.05) is 0 Å². The minimum Gasteiger partial charge on any atom is -0.394 e. The summed E-state index contributed by atoms with van der Waals surface area (Å²) < 4.78 is 5.76. The maximum atomic E-state index is 12.3. The maximum Gasteiger partial charge on any atom is 0.251 e. The maximum absolute atomic E-state index is 12.3. The van der Waals surface area contributed by atoms with Crippen molar-refractivity contribution in [1.82, 2.24) is 25.6 Å². The van der Waals surface area contributed by atoms with Crippen LogP contribution in [0.25, 0.3) is 0 Å². The molecule has 3 heterocycles. The Balaban J connectivity index is 1.52. The molecule has 0 aromatic carbocycles. The number of carbonyl (C=O) groups excluding carboxylic acids is 2. The van der Waals surface area contributed by atoms with Crippen molar-refractivity contribution >= 4 is 11.8 Å². The molecule has 3 rings (SSSR count). The number of ether oxygens (including phenoxy) is 1. The van der Waals surface area contributed by atoms with Gasteiger partial charge in [-0.25, -0.2) is 9.97 Å². The lowest BCUT2D eigenvalue weighted by Crippen LogP contribution is -2.49. The normalized spacial score (nSPS) is 21.1. The highest BCUT2D eigenvalue weighted by Gasteiger charge is 2.29. The highest BCUT2D eigenvalue weighted by molar-refractivity contribution is 5.94. The first-order valence-corrected chi connectivity index (χ1v) is 8.83. The first-order chi connectivity index (χ1) is 13.7. The van der Waals surface area contributed by atoms with E-state index in [-0.39, 0.29) is 24.8 Å². The summed E-state index contributed by atoms with van der Waals surface area (Å²) in [5.74, 6) is -0.496. The Hall–Kier alpha value is -3.17. The molecule has 146 valence electrons. The van der Waals surface area contributed by atoms with Gasteiger partial charge in [0, 0.05) is 24.2 Å². The summed E-state index contributed by atoms with van der Waals surface area (Å²) in [4.78, 5) is 36.1. The van der Waals surface area contributed by atoms with E-state index >= 15 is 0 Å². The van der Waals surface area contributed by atoms with Crippen molar-refractivity contribution in [3.8, 4) is 0 Å². The Morgan fingerprint density at radius 3 is 2.61 bits per heavy atom. The number of hydrogen-bond donors (Lipinski definition) is 3. The predicted octanol–water partition coefficient (Wildman–Crippen LogP) is -0.00760. The summed E-state index contributed by atoms with van der Waals surface area (Å²) in [6, 6.07) is 4.42. The van der Waals surface area contributed by atoms with Gasteiger partial charge >= 0.3 is 0 Å². The first kappa shape index (κ1) is 19.6. The van der Waals surface area contributed by atoms with Gasteiger partial charge in [-0.15, -0.1) is 0 Å². The van der Waals surface area contributed by atoms with E-state index in [2.05, 4.69) is 25.6 Å². The average molecular weight is 383 g/mol. The minimum atomic E-state index is -0.643. The van der Waals surface area contributed by atoms with Crippen LogP contribution < -0.4 is 10.6 Å². The van der Waals surface area contributed by atoms with Crippen molar-refractivity contribution in [2.45, 2.75) is 31.2 Å². The molecule has 0 saturated heterocycles. The summed E-state index contributed by atoms with van der Waals surface area (Å²) in [5, 5.41) is 15.2. The zero-order chi connectivity index (χ0) is 19.8. The molecule has 0 spiro atoms. The van der Waals surface area contributed by atoms with Gasteiger partial charge in [0.25, 0.3) is 5.91 Å². The Morgan fingerprint density at radius 2 is 1.89 bits per heavy atom. The van der Waals surface area contributed by atoms with E-state index in [0.717, 1.165) is 0 Å². The topological polar surface area (TPSA) is 126 Å². The van der Waals surface area contributed by atoms with Crippen LogP contribution in [0, 0.1) is 0 Å². The summed E-state index contributed by atoms with van der Waals surface area (Å²) >= 11 is 0. The van der Waals surface area contributed by atoms with Crippen LogP contribution in [0.2, 0.25) is 0 Å². The molecule has 0 saturated carbocycles. The molecular weight excluding hydrogens is 362 g/mol. The third-order valence-electron chi connectivity index (χ3n) is 4.20. The number of carbonyl (C=O) groups is 2. The fourth-order valence-electron chi connectivity index (χ4n) is 2.74. The van der Waals surface area contributed by atoms with Crippen molar-refractivity contribution in [2.75, 3.05) is 6.61 Å². The molecule has 28 heavy (non-hydrogen) atoms. The number of amides is 2. The summed E-state index contributed by atoms with van der Waals surface area (Å²) in [5.41, 5.74) is 1.17. The second-order valence-electron chi connectivity index (χ2n) is 6.20. The Labute approximate surface area is 161 Å². The van der Waals surface area contributed by atoms with Crippen LogP contribution in [0.1, 0.15) is 22.5 Å². The second kappa shape index (κ2) is 9.67. The molecule has 1 aliphatic rings. The lowest BCUT2D eigenvalue weighted by Gasteiger charge is -2.31. The summed E-state index contributed by atoms with van der Waals surface area (Å²) in [6.07, 6.45) is 8.51. The number of aromatic nitrogens is 3. The molecule has 0 fully saturated rings. The minimum absolute atomic E-state index is 0.100. The van der Waals surface area contributed by atoms with Crippen LogP contribution in [0.3, 0.4) is 0 Å². The standard InChI is InChI=1S/C19H21N5O4/c25-11-17-16(24-19(27)13-3-6-20-7-4-13)2-1-15(28-17)9-18(26)22-10-14-5-8-21-12-23-14/h1-8,12,15-17,25H,9-11H2,(H,22,26)(H,24,27)/t15-,16-,17+/m1/s1. The lowest BCUT2D eigenvalue weighted by atomic mass is 10.0. The molecule has 0 radical (unpaired) electrons. The molecule has 3 atom stereocenters. The number of aliphatic hydroxyl groups is 1. The average Bonchev–Trinajstić information content (AvgIpc) is 2.74. The van der Waals surface area contributed by atoms with Crippen LogP contribution in [-0.2, 0) is 16.1 Å². The quantitative estimate of drug-likeness (QED) is 0.574. The van der Waals surface area contributed by atoms with Gasteiger partial charge in [0.2, 0.25) is 5.91 Å². The van der Waals surface area contributed by atoms with E-state index in [1.165, 1.54) is 18.7 Å². The number of pyridine rings is 1. The molecule has 2 aromatic heterocycles. The van der Waals surface area contributed by atoms with Gasteiger partial charge in [0.15, 0.2) is 0 Å². The monoisotopic (exact) mass is 383 g/mol. The number of rotatable bonds is 7. The van der Waals surface area contributed by atoms with Crippen molar-refractivity contribution < 1.29 is 19.4 Å². The first-order valence-electron chi connectivity index (χ1n) is 8.83. The molecule has 0 unspecified atom stereocenters. The molecule has 9 heteroatoms. The van der Waals surface area contributed by atoms with Crippen LogP contribution in [-0.4, -0.2) is 56.7 Å². The van der Waals surface area contributed by atoms with Gasteiger partial charge in [-0.2, -0.15) is 0 Å². The van der Waals surface area contributed by atoms with E-state index < -0.39 is 18.2 Å². The third-order valence-corrected chi connectivity index (χ3v) is 4.20. The Kier molecular flexibility index (Phi) is 6.77. The van der Waals surface area contributed by atoms with E-state index in [0.29, 0.717) is 17.8 Å². The molecular formula is C19H21N5O4. The van der Waals surface area contributed by atoms with Gasteiger partial charge in [-0.1, -0.05) is 12.2 Å². The molecule has 9 nitrogen and oxygen atoms in total. The molecule has 3 N–H and O–H groups in total. The van der Waals surface area contributed by atoms with Gasteiger partial charge < -0.3 is 20.5 Å². The number of nitrogens with zero attached hydrogens (tertiary/aromatic N) is 3. The number of aliphatic hydroxyl groups excluding tert-OH is 1. The van der Waals surface area contributed by atoms with Gasteiger partial charge in [0.1, 0.15) is 12.4 Å². The molecule has 2 amide bonds. The van der Waals surface area contributed by atoms with Crippen LogP contribution >= 0.6 is 0 Å². The zero-order valence-electron chi connectivity index (χ0n) is 15.1. The Bertz CT molecular complexity index is 816. The highest BCUT2D eigenvalue weighted by atomic mass is 16.5. The highest BCUT2D eigenvalue weighted by Crippen LogP contribution is 2.16. The zero-order valence-corrected chi connectivity index (χ0v) is 15.1. The van der Waals surface area contributed by atoms with Crippen molar-refractivity contribution in [2.24, 2.45) is 0 Å². The summed E-state index contributed by atoms with van der Waals surface area (Å²) in [6.45, 7) is 0.0104.